The van der Waals surface area contributed by atoms with Gasteiger partial charge in [-0.15, -0.1) is 0 Å². The molecule has 1 aromatic carbocycles. The van der Waals surface area contributed by atoms with Crippen molar-refractivity contribution in [2.45, 2.75) is 45.6 Å². The van der Waals surface area contributed by atoms with Gasteiger partial charge in [-0.1, -0.05) is 12.1 Å². The van der Waals surface area contributed by atoms with Gasteiger partial charge in [0, 0.05) is 17.3 Å². The minimum absolute atomic E-state index is 0.0497. The first kappa shape index (κ1) is 15.6. The molecule has 1 heterocycles. The zero-order chi connectivity index (χ0) is 16.6. The fourth-order valence-electron chi connectivity index (χ4n) is 2.59. The molecule has 0 atom stereocenters. The van der Waals surface area contributed by atoms with Crippen molar-refractivity contribution in [3.8, 4) is 0 Å². The van der Waals surface area contributed by atoms with Crippen LogP contribution >= 0.6 is 0 Å². The number of aryl methyl sites for hydroxylation is 2. The van der Waals surface area contributed by atoms with Crippen LogP contribution < -0.4 is 5.32 Å². The molecule has 1 amide bonds. The van der Waals surface area contributed by atoms with Gasteiger partial charge in [-0.3, -0.25) is 9.48 Å². The lowest BCUT2D eigenvalue weighted by atomic mass is 10.1. The number of aromatic nitrogens is 2. The Balaban J connectivity index is 1.76. The molecular weight excluding hydrogens is 300 g/mol. The summed E-state index contributed by atoms with van der Waals surface area (Å²) in [7, 11) is 0. The minimum atomic E-state index is -2.61. The summed E-state index contributed by atoms with van der Waals surface area (Å²) < 4.78 is 27.1. The Hall–Kier alpha value is -2.24. The highest BCUT2D eigenvalue weighted by Crippen LogP contribution is 2.41. The number of nitrogens with one attached hydrogen (secondary N) is 1. The van der Waals surface area contributed by atoms with Crippen molar-refractivity contribution in [1.82, 2.24) is 9.78 Å². The third-order valence-electron chi connectivity index (χ3n) is 4.01. The van der Waals surface area contributed by atoms with Crippen LogP contribution in [0.15, 0.2) is 24.3 Å². The largest absolute Gasteiger partial charge is 0.324 e. The highest BCUT2D eigenvalue weighted by molar-refractivity contribution is 5.91. The average Bonchev–Trinajstić information content (AvgIpc) is 3.24. The molecular formula is C17H19F2N3O. The van der Waals surface area contributed by atoms with Crippen LogP contribution in [0.2, 0.25) is 0 Å². The van der Waals surface area contributed by atoms with Crippen LogP contribution in [0.5, 0.6) is 0 Å². The molecule has 0 unspecified atom stereocenters. The summed E-state index contributed by atoms with van der Waals surface area (Å²) in [4.78, 5) is 12.3. The molecule has 0 spiro atoms. The molecule has 4 nitrogen and oxygen atoms in total. The van der Waals surface area contributed by atoms with E-state index in [2.05, 4.69) is 10.4 Å². The molecule has 6 heteroatoms. The number of nitrogens with zero attached hydrogens (tertiary/aromatic N) is 2. The number of carbonyl (C=O) groups is 1. The number of halogens is 2. The lowest BCUT2D eigenvalue weighted by Crippen LogP contribution is -2.21. The number of benzene rings is 1. The zero-order valence-corrected chi connectivity index (χ0v) is 13.1. The van der Waals surface area contributed by atoms with Gasteiger partial charge in [0.25, 0.3) is 6.43 Å². The van der Waals surface area contributed by atoms with E-state index in [4.69, 9.17) is 0 Å². The van der Waals surface area contributed by atoms with Crippen LogP contribution in [-0.4, -0.2) is 15.7 Å². The Morgan fingerprint density at radius 2 is 2.09 bits per heavy atom. The number of rotatable bonds is 5. The van der Waals surface area contributed by atoms with Gasteiger partial charge in [0.15, 0.2) is 0 Å². The molecule has 122 valence electrons. The smallest absolute Gasteiger partial charge is 0.282 e. The number of hydrogen-bond donors (Lipinski definition) is 1. The monoisotopic (exact) mass is 319 g/mol. The Kier molecular flexibility index (Phi) is 4.15. The van der Waals surface area contributed by atoms with E-state index in [1.54, 1.807) is 0 Å². The summed E-state index contributed by atoms with van der Waals surface area (Å²) >= 11 is 0. The van der Waals surface area contributed by atoms with E-state index in [0.717, 1.165) is 35.3 Å². The van der Waals surface area contributed by atoms with Crippen molar-refractivity contribution in [2.75, 3.05) is 5.32 Å². The fourth-order valence-corrected chi connectivity index (χ4v) is 2.59. The highest BCUT2D eigenvalue weighted by Gasteiger charge is 2.30. The lowest BCUT2D eigenvalue weighted by molar-refractivity contribution is -0.117. The predicted molar refractivity (Wildman–Crippen MR) is 83.7 cm³/mol. The first-order valence-electron chi connectivity index (χ1n) is 7.67. The van der Waals surface area contributed by atoms with Gasteiger partial charge in [-0.05, 0) is 49.9 Å². The summed E-state index contributed by atoms with van der Waals surface area (Å²) in [6, 6.07) is 7.22. The van der Waals surface area contributed by atoms with Crippen LogP contribution in [0.25, 0.3) is 0 Å². The van der Waals surface area contributed by atoms with Crippen molar-refractivity contribution in [3.05, 3.63) is 46.8 Å². The lowest BCUT2D eigenvalue weighted by Gasteiger charge is -2.11. The molecule has 2 aromatic rings. The molecule has 1 aliphatic carbocycles. The Bertz CT molecular complexity index is 735. The molecule has 1 aromatic heterocycles. The van der Waals surface area contributed by atoms with Crippen LogP contribution in [0.3, 0.4) is 0 Å². The maximum Gasteiger partial charge on any atom is 0.282 e. The van der Waals surface area contributed by atoms with Gasteiger partial charge in [0.05, 0.1) is 0 Å². The van der Waals surface area contributed by atoms with Crippen LogP contribution in [-0.2, 0) is 11.3 Å². The Morgan fingerprint density at radius 3 is 2.74 bits per heavy atom. The molecule has 0 bridgehead atoms. The van der Waals surface area contributed by atoms with Crippen LogP contribution in [0.4, 0.5) is 14.5 Å². The van der Waals surface area contributed by atoms with Crippen molar-refractivity contribution >= 4 is 11.6 Å². The average molecular weight is 319 g/mol. The topological polar surface area (TPSA) is 46.9 Å². The van der Waals surface area contributed by atoms with E-state index >= 15 is 0 Å². The SMILES string of the molecule is Cc1ccc(C)c(NC(=O)Cn2nc(C(F)F)cc2C2CC2)c1. The quantitative estimate of drug-likeness (QED) is 0.907. The molecule has 0 aliphatic heterocycles. The summed E-state index contributed by atoms with van der Waals surface area (Å²) in [6.45, 7) is 3.81. The molecule has 1 aliphatic rings. The van der Waals surface area contributed by atoms with E-state index < -0.39 is 6.43 Å². The molecule has 3 rings (SSSR count). The highest BCUT2D eigenvalue weighted by atomic mass is 19.3. The van der Waals surface area contributed by atoms with Crippen molar-refractivity contribution < 1.29 is 13.6 Å². The third kappa shape index (κ3) is 3.57. The summed E-state index contributed by atoms with van der Waals surface area (Å²) in [5.41, 5.74) is 3.22. The molecule has 1 N–H and O–H groups in total. The molecule has 1 fully saturated rings. The third-order valence-corrected chi connectivity index (χ3v) is 4.01. The minimum Gasteiger partial charge on any atom is -0.324 e. The number of anilines is 1. The molecule has 0 radical (unpaired) electrons. The van der Waals surface area contributed by atoms with E-state index in [-0.39, 0.29) is 24.1 Å². The summed E-state index contributed by atoms with van der Waals surface area (Å²) in [5.74, 6) is -0.00646. The molecule has 1 saturated carbocycles. The second-order valence-electron chi connectivity index (χ2n) is 6.09. The fraction of sp³-hybridized carbons (Fsp3) is 0.412. The second-order valence-corrected chi connectivity index (χ2v) is 6.09. The van der Waals surface area contributed by atoms with Gasteiger partial charge >= 0.3 is 0 Å². The van der Waals surface area contributed by atoms with Gasteiger partial charge in [0.1, 0.15) is 12.2 Å². The molecule has 0 saturated heterocycles. The maximum absolute atomic E-state index is 12.8. The van der Waals surface area contributed by atoms with Gasteiger partial charge < -0.3 is 5.32 Å². The second kappa shape index (κ2) is 6.10. The van der Waals surface area contributed by atoms with E-state index in [0.29, 0.717) is 0 Å². The number of hydrogen-bond acceptors (Lipinski definition) is 2. The Labute approximate surface area is 133 Å². The number of alkyl halides is 2. The van der Waals surface area contributed by atoms with Gasteiger partial charge in [-0.2, -0.15) is 5.10 Å². The zero-order valence-electron chi connectivity index (χ0n) is 13.1. The van der Waals surface area contributed by atoms with Crippen molar-refractivity contribution in [2.24, 2.45) is 0 Å². The first-order valence-corrected chi connectivity index (χ1v) is 7.67. The van der Waals surface area contributed by atoms with Crippen molar-refractivity contribution in [1.29, 1.82) is 0 Å². The van der Waals surface area contributed by atoms with Crippen LogP contribution in [0, 0.1) is 13.8 Å². The molecule has 23 heavy (non-hydrogen) atoms. The van der Waals surface area contributed by atoms with Crippen LogP contribution in [0.1, 0.15) is 47.7 Å². The normalized spacial score (nSPS) is 14.3. The van der Waals surface area contributed by atoms with E-state index in [9.17, 15) is 13.6 Å². The van der Waals surface area contributed by atoms with E-state index in [1.165, 1.54) is 10.7 Å². The maximum atomic E-state index is 12.8. The number of carbonyl (C=O) groups excluding carboxylic acids is 1. The van der Waals surface area contributed by atoms with Gasteiger partial charge in [-0.25, -0.2) is 8.78 Å². The van der Waals surface area contributed by atoms with Gasteiger partial charge in [0.2, 0.25) is 5.91 Å². The summed E-state index contributed by atoms with van der Waals surface area (Å²) in [6.07, 6.45) is -0.684. The standard InChI is InChI=1S/C17H19F2N3O/c1-10-3-4-11(2)13(7-10)20-16(23)9-22-15(12-5-6-12)8-14(21-22)17(18)19/h3-4,7-8,12,17H,5-6,9H2,1-2H3,(H,20,23). The Morgan fingerprint density at radius 1 is 1.35 bits per heavy atom. The predicted octanol–water partition coefficient (Wildman–Crippen LogP) is 3.95. The first-order chi connectivity index (χ1) is 10.9. The summed E-state index contributed by atoms with van der Waals surface area (Å²) in [5, 5.41) is 6.74. The number of amides is 1. The van der Waals surface area contributed by atoms with E-state index in [1.807, 2.05) is 32.0 Å². The van der Waals surface area contributed by atoms with Crippen molar-refractivity contribution in [3.63, 3.8) is 0 Å².